The summed E-state index contributed by atoms with van der Waals surface area (Å²) in [7, 11) is 0. The first-order valence-corrected chi connectivity index (χ1v) is 6.68. The first-order chi connectivity index (χ1) is 8.01. The fourth-order valence-corrected chi connectivity index (χ4v) is 2.82. The van der Waals surface area contributed by atoms with Crippen molar-refractivity contribution >= 4 is 15.9 Å². The van der Waals surface area contributed by atoms with Gasteiger partial charge in [-0.3, -0.25) is 0 Å². The van der Waals surface area contributed by atoms with Crippen molar-refractivity contribution in [2.75, 3.05) is 0 Å². The van der Waals surface area contributed by atoms with Gasteiger partial charge in [0, 0.05) is 4.47 Å². The first kappa shape index (κ1) is 13.0. The SMILES string of the molecule is NC(c1cccc(Br)c1)C1(O)CCC(F)CC1. The highest BCUT2D eigenvalue weighted by Gasteiger charge is 2.39. The molecule has 17 heavy (non-hydrogen) atoms. The Bertz CT molecular complexity index is 391. The van der Waals surface area contributed by atoms with Gasteiger partial charge >= 0.3 is 0 Å². The maximum atomic E-state index is 13.1. The summed E-state index contributed by atoms with van der Waals surface area (Å²) in [6, 6.07) is 7.16. The van der Waals surface area contributed by atoms with Crippen LogP contribution in [0.4, 0.5) is 4.39 Å². The summed E-state index contributed by atoms with van der Waals surface area (Å²) in [6.07, 6.45) is 0.880. The van der Waals surface area contributed by atoms with E-state index < -0.39 is 17.8 Å². The second kappa shape index (κ2) is 5.04. The molecule has 2 nitrogen and oxygen atoms in total. The van der Waals surface area contributed by atoms with Crippen LogP contribution in [0.5, 0.6) is 0 Å². The standard InChI is InChI=1S/C13H17BrFNO/c14-10-3-1-2-9(8-10)12(16)13(17)6-4-11(15)5-7-13/h1-3,8,11-12,17H,4-7,16H2. The second-order valence-electron chi connectivity index (χ2n) is 4.81. The Hall–Kier alpha value is -0.450. The molecule has 0 spiro atoms. The molecule has 3 N–H and O–H groups in total. The zero-order valence-corrected chi connectivity index (χ0v) is 11.2. The molecule has 4 heteroatoms. The highest BCUT2D eigenvalue weighted by atomic mass is 79.9. The molecule has 2 rings (SSSR count). The monoisotopic (exact) mass is 301 g/mol. The first-order valence-electron chi connectivity index (χ1n) is 5.89. The third kappa shape index (κ3) is 2.87. The van der Waals surface area contributed by atoms with Crippen molar-refractivity contribution in [2.45, 2.75) is 43.5 Å². The fourth-order valence-electron chi connectivity index (χ4n) is 2.40. The molecule has 0 aliphatic heterocycles. The van der Waals surface area contributed by atoms with E-state index in [1.54, 1.807) is 0 Å². The number of alkyl halides is 1. The van der Waals surface area contributed by atoms with Crippen LogP contribution < -0.4 is 5.73 Å². The third-order valence-corrected chi connectivity index (χ3v) is 4.06. The second-order valence-corrected chi connectivity index (χ2v) is 5.73. The summed E-state index contributed by atoms with van der Waals surface area (Å²) >= 11 is 3.38. The lowest BCUT2D eigenvalue weighted by molar-refractivity contribution is -0.0364. The van der Waals surface area contributed by atoms with Crippen molar-refractivity contribution < 1.29 is 9.50 Å². The number of nitrogens with two attached hydrogens (primary N) is 1. The molecule has 1 aliphatic rings. The number of hydrogen-bond acceptors (Lipinski definition) is 2. The van der Waals surface area contributed by atoms with Crippen LogP contribution in [-0.4, -0.2) is 16.9 Å². The molecule has 1 aromatic carbocycles. The predicted molar refractivity (Wildman–Crippen MR) is 69.4 cm³/mol. The van der Waals surface area contributed by atoms with Crippen LogP contribution in [0.15, 0.2) is 28.7 Å². The Morgan fingerprint density at radius 3 is 2.65 bits per heavy atom. The van der Waals surface area contributed by atoms with Gasteiger partial charge < -0.3 is 10.8 Å². The molecule has 0 amide bonds. The molecular formula is C13H17BrFNO. The van der Waals surface area contributed by atoms with Crippen molar-refractivity contribution in [1.82, 2.24) is 0 Å². The van der Waals surface area contributed by atoms with E-state index in [-0.39, 0.29) is 0 Å². The minimum atomic E-state index is -0.969. The zero-order valence-electron chi connectivity index (χ0n) is 9.57. The number of rotatable bonds is 2. The molecule has 0 bridgehead atoms. The van der Waals surface area contributed by atoms with Gasteiger partial charge in [0.1, 0.15) is 6.17 Å². The fraction of sp³-hybridized carbons (Fsp3) is 0.538. The summed E-state index contributed by atoms with van der Waals surface area (Å²) in [5, 5.41) is 10.5. The van der Waals surface area contributed by atoms with Gasteiger partial charge in [-0.25, -0.2) is 4.39 Å². The van der Waals surface area contributed by atoms with Crippen LogP contribution in [0, 0.1) is 0 Å². The van der Waals surface area contributed by atoms with E-state index in [2.05, 4.69) is 15.9 Å². The quantitative estimate of drug-likeness (QED) is 0.882. The molecule has 0 radical (unpaired) electrons. The van der Waals surface area contributed by atoms with Crippen molar-refractivity contribution in [2.24, 2.45) is 5.73 Å². The van der Waals surface area contributed by atoms with Gasteiger partial charge in [-0.2, -0.15) is 0 Å². The number of aliphatic hydroxyl groups is 1. The smallest absolute Gasteiger partial charge is 0.100 e. The van der Waals surface area contributed by atoms with E-state index in [4.69, 9.17) is 5.73 Å². The Morgan fingerprint density at radius 1 is 1.41 bits per heavy atom. The molecule has 94 valence electrons. The van der Waals surface area contributed by atoms with Gasteiger partial charge in [0.25, 0.3) is 0 Å². The van der Waals surface area contributed by atoms with E-state index in [9.17, 15) is 9.50 Å². The van der Waals surface area contributed by atoms with E-state index in [0.29, 0.717) is 25.7 Å². The lowest BCUT2D eigenvalue weighted by Crippen LogP contribution is -2.44. The molecule has 0 heterocycles. The number of halogens is 2. The largest absolute Gasteiger partial charge is 0.388 e. The maximum absolute atomic E-state index is 13.1. The Morgan fingerprint density at radius 2 is 2.06 bits per heavy atom. The van der Waals surface area contributed by atoms with E-state index in [0.717, 1.165) is 10.0 Å². The molecule has 1 aromatic rings. The van der Waals surface area contributed by atoms with Gasteiger partial charge in [-0.1, -0.05) is 28.1 Å². The molecular weight excluding hydrogens is 285 g/mol. The minimum absolute atomic E-state index is 0.401. The average Bonchev–Trinajstić information content (AvgIpc) is 2.32. The van der Waals surface area contributed by atoms with Crippen LogP contribution >= 0.6 is 15.9 Å². The van der Waals surface area contributed by atoms with Crippen LogP contribution in [0.1, 0.15) is 37.3 Å². The van der Waals surface area contributed by atoms with E-state index >= 15 is 0 Å². The van der Waals surface area contributed by atoms with Gasteiger partial charge in [-0.15, -0.1) is 0 Å². The molecule has 1 saturated carbocycles. The van der Waals surface area contributed by atoms with Gasteiger partial charge in [-0.05, 0) is 43.4 Å². The highest BCUT2D eigenvalue weighted by Crippen LogP contribution is 2.38. The van der Waals surface area contributed by atoms with Crippen LogP contribution in [-0.2, 0) is 0 Å². The van der Waals surface area contributed by atoms with Crippen molar-refractivity contribution in [1.29, 1.82) is 0 Å². The van der Waals surface area contributed by atoms with Gasteiger partial charge in [0.2, 0.25) is 0 Å². The van der Waals surface area contributed by atoms with E-state index in [1.165, 1.54) is 0 Å². The molecule has 1 fully saturated rings. The molecule has 1 unspecified atom stereocenters. The van der Waals surface area contributed by atoms with Crippen molar-refractivity contribution in [3.8, 4) is 0 Å². The Balaban J connectivity index is 2.16. The predicted octanol–water partition coefficient (Wildman–Crippen LogP) is 3.09. The van der Waals surface area contributed by atoms with Crippen LogP contribution in [0.3, 0.4) is 0 Å². The molecule has 1 atom stereocenters. The lowest BCUT2D eigenvalue weighted by atomic mass is 9.77. The van der Waals surface area contributed by atoms with Gasteiger partial charge in [0.15, 0.2) is 0 Å². The van der Waals surface area contributed by atoms with Crippen LogP contribution in [0.2, 0.25) is 0 Å². The summed E-state index contributed by atoms with van der Waals surface area (Å²) in [5.74, 6) is 0. The maximum Gasteiger partial charge on any atom is 0.100 e. The summed E-state index contributed by atoms with van der Waals surface area (Å²) in [5.41, 5.74) is 6.04. The number of benzene rings is 1. The summed E-state index contributed by atoms with van der Waals surface area (Å²) in [6.45, 7) is 0. The lowest BCUT2D eigenvalue weighted by Gasteiger charge is -2.38. The highest BCUT2D eigenvalue weighted by molar-refractivity contribution is 9.10. The molecule has 0 aromatic heterocycles. The van der Waals surface area contributed by atoms with Gasteiger partial charge in [0.05, 0.1) is 11.6 Å². The zero-order chi connectivity index (χ0) is 12.5. The Kier molecular flexibility index (Phi) is 3.85. The molecule has 0 saturated heterocycles. The Labute approximate surface area is 109 Å². The van der Waals surface area contributed by atoms with Crippen molar-refractivity contribution in [3.63, 3.8) is 0 Å². The van der Waals surface area contributed by atoms with Crippen molar-refractivity contribution in [3.05, 3.63) is 34.3 Å². The number of hydrogen-bond donors (Lipinski definition) is 2. The topological polar surface area (TPSA) is 46.2 Å². The summed E-state index contributed by atoms with van der Waals surface area (Å²) in [4.78, 5) is 0. The average molecular weight is 302 g/mol. The van der Waals surface area contributed by atoms with E-state index in [1.807, 2.05) is 24.3 Å². The normalized spacial score (nSPS) is 31.2. The summed E-state index contributed by atoms with van der Waals surface area (Å²) < 4.78 is 14.0. The third-order valence-electron chi connectivity index (χ3n) is 3.57. The minimum Gasteiger partial charge on any atom is -0.388 e. The van der Waals surface area contributed by atoms with Crippen LogP contribution in [0.25, 0.3) is 0 Å². The molecule has 1 aliphatic carbocycles.